The highest BCUT2D eigenvalue weighted by Gasteiger charge is 2.33. The van der Waals surface area contributed by atoms with Gasteiger partial charge in [0.15, 0.2) is 0 Å². The molecule has 0 aromatic carbocycles. The van der Waals surface area contributed by atoms with Gasteiger partial charge in [0.2, 0.25) is 11.8 Å². The van der Waals surface area contributed by atoms with Crippen molar-refractivity contribution >= 4 is 11.8 Å². The lowest BCUT2D eigenvalue weighted by Crippen LogP contribution is -2.50. The molecule has 2 atom stereocenters. The average Bonchev–Trinajstić information content (AvgIpc) is 2.94. The molecule has 2 N–H and O–H groups in total. The average molecular weight is 316 g/mol. The van der Waals surface area contributed by atoms with E-state index in [1.54, 1.807) is 12.3 Å². The van der Waals surface area contributed by atoms with Crippen LogP contribution in [0.25, 0.3) is 0 Å². The molecular weight excluding hydrogens is 292 g/mol. The third-order valence-electron chi connectivity index (χ3n) is 4.57. The number of amides is 2. The van der Waals surface area contributed by atoms with Crippen molar-refractivity contribution in [2.75, 3.05) is 0 Å². The molecule has 1 saturated heterocycles. The van der Waals surface area contributed by atoms with E-state index < -0.39 is 0 Å². The van der Waals surface area contributed by atoms with Crippen LogP contribution in [0, 0.1) is 0 Å². The summed E-state index contributed by atoms with van der Waals surface area (Å²) in [5.41, 5.74) is 2.15. The van der Waals surface area contributed by atoms with Gasteiger partial charge in [0.1, 0.15) is 0 Å². The fourth-order valence-electron chi connectivity index (χ4n) is 3.17. The van der Waals surface area contributed by atoms with Crippen LogP contribution in [0.1, 0.15) is 63.7 Å². The fraction of sp³-hybridized carbons (Fsp3) is 0.588. The molecule has 124 valence electrons. The Hall–Kier alpha value is -2.11. The number of hydrogen-bond acceptors (Lipinski definition) is 3. The van der Waals surface area contributed by atoms with E-state index in [9.17, 15) is 9.59 Å². The van der Waals surface area contributed by atoms with Gasteiger partial charge in [-0.05, 0) is 45.6 Å². The zero-order chi connectivity index (χ0) is 16.4. The van der Waals surface area contributed by atoms with Gasteiger partial charge < -0.3 is 10.6 Å². The maximum Gasteiger partial charge on any atom is 0.244 e. The van der Waals surface area contributed by atoms with E-state index in [1.165, 1.54) is 12.0 Å². The van der Waals surface area contributed by atoms with E-state index in [1.807, 2.05) is 10.7 Å². The van der Waals surface area contributed by atoms with Crippen LogP contribution < -0.4 is 10.6 Å². The molecule has 0 spiro atoms. The van der Waals surface area contributed by atoms with Crippen LogP contribution in [-0.4, -0.2) is 27.6 Å². The van der Waals surface area contributed by atoms with E-state index in [-0.39, 0.29) is 29.9 Å². The Bertz CT molecular complexity index is 626. The molecule has 1 saturated carbocycles. The molecule has 1 aromatic rings. The Morgan fingerprint density at radius 2 is 2.22 bits per heavy atom. The second-order valence-electron chi connectivity index (χ2n) is 6.65. The molecule has 0 bridgehead atoms. The summed E-state index contributed by atoms with van der Waals surface area (Å²) in [6.07, 6.45) is 7.77. The zero-order valence-corrected chi connectivity index (χ0v) is 13.7. The number of hydrogen-bond donors (Lipinski definition) is 2. The molecule has 23 heavy (non-hydrogen) atoms. The molecular formula is C17H24N4O2. The number of rotatable bonds is 4. The summed E-state index contributed by atoms with van der Waals surface area (Å²) >= 11 is 0. The predicted octanol–water partition coefficient (Wildman–Crippen LogP) is 2.01. The Balaban J connectivity index is 1.77. The van der Waals surface area contributed by atoms with Gasteiger partial charge in [-0.3, -0.25) is 14.3 Å². The molecule has 6 heteroatoms. The Morgan fingerprint density at radius 1 is 1.43 bits per heavy atom. The van der Waals surface area contributed by atoms with Gasteiger partial charge >= 0.3 is 0 Å². The maximum atomic E-state index is 12.2. The first-order chi connectivity index (χ1) is 11.0. The molecule has 0 radical (unpaired) electrons. The SMILES string of the molecule is CC(C)n1nccc1[C@@H]1NC(=O)CC[C@H]1NC(=O)C=C1CCC1. The lowest BCUT2D eigenvalue weighted by Gasteiger charge is -2.33. The second kappa shape index (κ2) is 6.56. The molecule has 2 aliphatic rings. The predicted molar refractivity (Wildman–Crippen MR) is 86.6 cm³/mol. The molecule has 6 nitrogen and oxygen atoms in total. The third-order valence-corrected chi connectivity index (χ3v) is 4.57. The number of piperidine rings is 1. The van der Waals surface area contributed by atoms with Gasteiger partial charge in [-0.25, -0.2) is 0 Å². The van der Waals surface area contributed by atoms with E-state index >= 15 is 0 Å². The molecule has 2 fully saturated rings. The van der Waals surface area contributed by atoms with Crippen molar-refractivity contribution in [1.29, 1.82) is 0 Å². The highest BCUT2D eigenvalue weighted by Crippen LogP contribution is 2.27. The van der Waals surface area contributed by atoms with E-state index in [0.717, 1.165) is 18.5 Å². The fourth-order valence-corrected chi connectivity index (χ4v) is 3.17. The molecule has 0 unspecified atom stereocenters. The van der Waals surface area contributed by atoms with Crippen LogP contribution in [0.3, 0.4) is 0 Å². The first-order valence-corrected chi connectivity index (χ1v) is 8.37. The summed E-state index contributed by atoms with van der Waals surface area (Å²) in [6.45, 7) is 4.10. The smallest absolute Gasteiger partial charge is 0.244 e. The number of carbonyl (C=O) groups excluding carboxylic acids is 2. The monoisotopic (exact) mass is 316 g/mol. The van der Waals surface area contributed by atoms with E-state index in [4.69, 9.17) is 0 Å². The Kier molecular flexibility index (Phi) is 4.50. The van der Waals surface area contributed by atoms with Crippen LogP contribution in [0.15, 0.2) is 23.9 Å². The van der Waals surface area contributed by atoms with Gasteiger partial charge in [0.25, 0.3) is 0 Å². The van der Waals surface area contributed by atoms with Gasteiger partial charge in [-0.2, -0.15) is 5.10 Å². The highest BCUT2D eigenvalue weighted by molar-refractivity contribution is 5.89. The van der Waals surface area contributed by atoms with Crippen LogP contribution in [-0.2, 0) is 9.59 Å². The summed E-state index contributed by atoms with van der Waals surface area (Å²) in [6, 6.07) is 1.78. The van der Waals surface area contributed by atoms with Crippen LogP contribution in [0.2, 0.25) is 0 Å². The van der Waals surface area contributed by atoms with Crippen LogP contribution >= 0.6 is 0 Å². The van der Waals surface area contributed by atoms with Crippen LogP contribution in [0.5, 0.6) is 0 Å². The van der Waals surface area contributed by atoms with Gasteiger partial charge in [-0.15, -0.1) is 0 Å². The Labute approximate surface area is 136 Å². The largest absolute Gasteiger partial charge is 0.347 e. The molecule has 1 aliphatic carbocycles. The quantitative estimate of drug-likeness (QED) is 0.834. The topological polar surface area (TPSA) is 76.0 Å². The lowest BCUT2D eigenvalue weighted by molar-refractivity contribution is -0.125. The van der Waals surface area contributed by atoms with Crippen molar-refractivity contribution in [3.05, 3.63) is 29.6 Å². The summed E-state index contributed by atoms with van der Waals surface area (Å²) in [5.74, 6) is -0.0317. The van der Waals surface area contributed by atoms with Gasteiger partial charge in [0, 0.05) is 24.7 Å². The van der Waals surface area contributed by atoms with E-state index in [0.29, 0.717) is 12.8 Å². The van der Waals surface area contributed by atoms with Crippen molar-refractivity contribution in [1.82, 2.24) is 20.4 Å². The first-order valence-electron chi connectivity index (χ1n) is 8.37. The summed E-state index contributed by atoms with van der Waals surface area (Å²) in [5, 5.41) is 10.4. The summed E-state index contributed by atoms with van der Waals surface area (Å²) in [4.78, 5) is 24.1. The highest BCUT2D eigenvalue weighted by atomic mass is 16.2. The molecule has 2 amide bonds. The van der Waals surface area contributed by atoms with Crippen molar-refractivity contribution in [3.63, 3.8) is 0 Å². The third kappa shape index (κ3) is 3.46. The minimum absolute atomic E-state index is 0.0225. The van der Waals surface area contributed by atoms with Crippen LogP contribution in [0.4, 0.5) is 0 Å². The minimum Gasteiger partial charge on any atom is -0.347 e. The normalized spacial score (nSPS) is 24.1. The molecule has 1 aliphatic heterocycles. The van der Waals surface area contributed by atoms with Crippen molar-refractivity contribution in [3.8, 4) is 0 Å². The number of allylic oxidation sites excluding steroid dienone is 1. The lowest BCUT2D eigenvalue weighted by atomic mass is 9.91. The Morgan fingerprint density at radius 3 is 2.87 bits per heavy atom. The number of aromatic nitrogens is 2. The molecule has 1 aromatic heterocycles. The molecule has 2 heterocycles. The summed E-state index contributed by atoms with van der Waals surface area (Å²) in [7, 11) is 0. The maximum absolute atomic E-state index is 12.2. The van der Waals surface area contributed by atoms with Crippen molar-refractivity contribution in [2.45, 2.75) is 64.1 Å². The van der Waals surface area contributed by atoms with Gasteiger partial charge in [-0.1, -0.05) is 5.57 Å². The van der Waals surface area contributed by atoms with Crippen molar-refractivity contribution < 1.29 is 9.59 Å². The minimum atomic E-state index is -0.232. The number of carbonyl (C=O) groups is 2. The van der Waals surface area contributed by atoms with Gasteiger partial charge in [0.05, 0.1) is 17.8 Å². The zero-order valence-electron chi connectivity index (χ0n) is 13.7. The number of nitrogens with one attached hydrogen (secondary N) is 2. The van der Waals surface area contributed by atoms with E-state index in [2.05, 4.69) is 29.6 Å². The first kappa shape index (κ1) is 15.8. The summed E-state index contributed by atoms with van der Waals surface area (Å²) < 4.78 is 1.90. The standard InChI is InChI=1S/C17H24N4O2/c1-11(2)21-14(8-9-18-21)17-13(6-7-15(22)20-17)19-16(23)10-12-4-3-5-12/h8-11,13,17H,3-7H2,1-2H3,(H,19,23)(H,20,22)/t13-,17-/m1/s1. The second-order valence-corrected chi connectivity index (χ2v) is 6.65. The molecule has 3 rings (SSSR count). The number of nitrogens with zero attached hydrogens (tertiary/aromatic N) is 2. The van der Waals surface area contributed by atoms with Crippen molar-refractivity contribution in [2.24, 2.45) is 0 Å².